The number of unbranched alkanes of at least 4 members (excludes halogenated alkanes) is 2. The van der Waals surface area contributed by atoms with E-state index in [1.54, 1.807) is 62.4 Å². The van der Waals surface area contributed by atoms with Crippen LogP contribution in [0.4, 0.5) is 0 Å². The number of rotatable bonds is 13. The van der Waals surface area contributed by atoms with Gasteiger partial charge < -0.3 is 19.5 Å². The van der Waals surface area contributed by atoms with Crippen LogP contribution in [0.2, 0.25) is 0 Å². The van der Waals surface area contributed by atoms with Gasteiger partial charge in [0.2, 0.25) is 0 Å². The lowest BCUT2D eigenvalue weighted by Crippen LogP contribution is -2.36. The van der Waals surface area contributed by atoms with E-state index in [0.29, 0.717) is 42.9 Å². The Labute approximate surface area is 193 Å². The van der Waals surface area contributed by atoms with Crippen LogP contribution < -0.4 is 9.47 Å². The second-order valence-electron chi connectivity index (χ2n) is 8.27. The number of hydrogen-bond acceptors (Lipinski definition) is 4. The molecule has 1 fully saturated rings. The lowest BCUT2D eigenvalue weighted by Gasteiger charge is -2.28. The van der Waals surface area contributed by atoms with Gasteiger partial charge in [0, 0.05) is 30.1 Å². The molecule has 1 amide bonds. The molecule has 0 aliphatic heterocycles. The number of amides is 1. The summed E-state index contributed by atoms with van der Waals surface area (Å²) in [7, 11) is 0. The van der Waals surface area contributed by atoms with Crippen molar-refractivity contribution in [1.82, 2.24) is 4.90 Å². The van der Waals surface area contributed by atoms with Crippen LogP contribution in [0, 0.1) is 0 Å². The van der Waals surface area contributed by atoms with E-state index >= 15 is 0 Å². The van der Waals surface area contributed by atoms with Gasteiger partial charge in [0.25, 0.3) is 5.91 Å². The monoisotopic (exact) mass is 441 g/mol. The molecule has 0 atom stereocenters. The van der Waals surface area contributed by atoms with Gasteiger partial charge in [0.05, 0.1) is 15.5 Å². The van der Waals surface area contributed by atoms with E-state index < -0.39 is 24.4 Å². The van der Waals surface area contributed by atoms with Crippen LogP contribution in [0.1, 0.15) is 71.0 Å². The Kier molecular flexibility index (Phi) is 7.53. The quantitative estimate of drug-likeness (QED) is 0.427. The van der Waals surface area contributed by atoms with E-state index in [1.807, 2.05) is 0 Å². The molecule has 0 radical (unpaired) electrons. The van der Waals surface area contributed by atoms with Crippen molar-refractivity contribution >= 4 is 11.9 Å². The van der Waals surface area contributed by atoms with E-state index in [0.717, 1.165) is 12.8 Å². The van der Waals surface area contributed by atoms with Gasteiger partial charge in [-0.25, -0.2) is 0 Å². The normalized spacial score (nSPS) is 14.5. The zero-order valence-corrected chi connectivity index (χ0v) is 18.8. The summed E-state index contributed by atoms with van der Waals surface area (Å²) in [5, 5.41) is 8.74. The summed E-state index contributed by atoms with van der Waals surface area (Å²) < 4.78 is 29.4. The third-order valence-corrected chi connectivity index (χ3v) is 5.08. The minimum Gasteiger partial charge on any atom is -0.493 e. The van der Waals surface area contributed by atoms with Gasteiger partial charge in [0.15, 0.2) is 0 Å². The van der Waals surface area contributed by atoms with Gasteiger partial charge in [-0.15, -0.1) is 0 Å². The summed E-state index contributed by atoms with van der Waals surface area (Å²) in [4.78, 5) is 25.3. The number of hydrogen-bond donors (Lipinski definition) is 1. The molecule has 0 aromatic heterocycles. The summed E-state index contributed by atoms with van der Waals surface area (Å²) in [6, 6.07) is 13.2. The van der Waals surface area contributed by atoms with Crippen LogP contribution in [-0.2, 0) is 11.3 Å². The van der Waals surface area contributed by atoms with Crippen LogP contribution in [0.25, 0.3) is 0 Å². The highest BCUT2D eigenvalue weighted by Crippen LogP contribution is 2.27. The first-order chi connectivity index (χ1) is 16.2. The fourth-order valence-electron chi connectivity index (χ4n) is 3.16. The van der Waals surface area contributed by atoms with Gasteiger partial charge in [-0.05, 0) is 76.3 Å². The number of para-hydroxylation sites is 1. The molecule has 6 nitrogen and oxygen atoms in total. The van der Waals surface area contributed by atoms with Crippen LogP contribution in [0.3, 0.4) is 0 Å². The van der Waals surface area contributed by atoms with E-state index in [2.05, 4.69) is 0 Å². The maximum absolute atomic E-state index is 13.4. The van der Waals surface area contributed by atoms with Gasteiger partial charge in [-0.3, -0.25) is 9.59 Å². The molecule has 6 heteroatoms. The number of carboxylic acid groups (broad SMARTS) is 1. The molecule has 172 valence electrons. The first-order valence-electron chi connectivity index (χ1n) is 12.2. The molecule has 1 aliphatic carbocycles. The predicted octanol–water partition coefficient (Wildman–Crippen LogP) is 5.30. The summed E-state index contributed by atoms with van der Waals surface area (Å²) in [5.41, 5.74) is 0.661. The van der Waals surface area contributed by atoms with Crippen LogP contribution >= 0.6 is 0 Å². The molecule has 0 heterocycles. The summed E-state index contributed by atoms with van der Waals surface area (Å²) in [5.74, 6) is -0.151. The van der Waals surface area contributed by atoms with Gasteiger partial charge in [-0.1, -0.05) is 18.2 Å². The topological polar surface area (TPSA) is 76.1 Å². The Balaban J connectivity index is 1.73. The fraction of sp³-hybridized carbons (Fsp3) is 0.462. The lowest BCUT2D eigenvalue weighted by atomic mass is 10.1. The maximum Gasteiger partial charge on any atom is 0.303 e. The Bertz CT molecular complexity index is 973. The molecule has 2 aromatic carbocycles. The molecule has 0 unspecified atom stereocenters. The Hall–Kier alpha value is -3.02. The standard InChI is InChI=1S/C26H33NO5/c1-19(2)27(26(30)20-11-13-22(14-12-20)32-23-15-16-23)18-21-8-5-6-9-24(21)31-17-7-3-4-10-25(28)29/h5-6,8-9,11-14,19,23H,3-4,7,10,15-18H2,1-2H3,(H,28,29)/i18D2. The van der Waals surface area contributed by atoms with Crippen molar-refractivity contribution in [3.8, 4) is 11.5 Å². The van der Waals surface area contributed by atoms with Crippen LogP contribution in [0.5, 0.6) is 11.5 Å². The average molecular weight is 442 g/mol. The van der Waals surface area contributed by atoms with E-state index in [9.17, 15) is 9.59 Å². The summed E-state index contributed by atoms with van der Waals surface area (Å²) in [6.07, 6.45) is 4.42. The van der Waals surface area contributed by atoms with Gasteiger partial charge >= 0.3 is 5.97 Å². The molecular formula is C26H33NO5. The number of carboxylic acids is 1. The maximum atomic E-state index is 13.4. The number of aliphatic carboxylic acids is 1. The van der Waals surface area contributed by atoms with Crippen LogP contribution in [0.15, 0.2) is 48.5 Å². The second-order valence-corrected chi connectivity index (χ2v) is 8.27. The third-order valence-electron chi connectivity index (χ3n) is 5.08. The van der Waals surface area contributed by atoms with Gasteiger partial charge in [-0.2, -0.15) is 0 Å². The molecule has 3 rings (SSSR count). The minimum atomic E-state index is -2.12. The van der Waals surface area contributed by atoms with Crippen molar-refractivity contribution in [1.29, 1.82) is 0 Å². The SMILES string of the molecule is [2H]C([2H])(c1ccccc1OCCCCCC(=O)O)N(C(=O)c1ccc(OC2CC2)cc1)C(C)C. The molecule has 1 N–H and O–H groups in total. The smallest absolute Gasteiger partial charge is 0.303 e. The number of carbonyl (C=O) groups excluding carboxylic acids is 1. The minimum absolute atomic E-state index is 0.123. The molecule has 1 aliphatic rings. The number of ether oxygens (including phenoxy) is 2. The highest BCUT2D eigenvalue weighted by atomic mass is 16.5. The predicted molar refractivity (Wildman–Crippen MR) is 123 cm³/mol. The van der Waals surface area contributed by atoms with Crippen LogP contribution in [-0.4, -0.2) is 40.6 Å². The van der Waals surface area contributed by atoms with Gasteiger partial charge in [0.1, 0.15) is 11.5 Å². The Morgan fingerprint density at radius 2 is 1.81 bits per heavy atom. The first-order valence-corrected chi connectivity index (χ1v) is 11.2. The van der Waals surface area contributed by atoms with Crippen molar-refractivity contribution in [2.45, 2.75) is 71.0 Å². The highest BCUT2D eigenvalue weighted by Gasteiger charge is 2.24. The average Bonchev–Trinajstić information content (AvgIpc) is 3.60. The van der Waals surface area contributed by atoms with E-state index in [1.165, 1.54) is 4.90 Å². The lowest BCUT2D eigenvalue weighted by molar-refractivity contribution is -0.137. The van der Waals surface area contributed by atoms with Crippen molar-refractivity contribution in [3.05, 3.63) is 59.7 Å². The first kappa shape index (κ1) is 20.9. The molecule has 2 aromatic rings. The number of nitrogens with zero attached hydrogens (tertiary/aromatic N) is 1. The van der Waals surface area contributed by atoms with E-state index in [4.69, 9.17) is 17.3 Å². The zero-order valence-electron chi connectivity index (χ0n) is 20.8. The van der Waals surface area contributed by atoms with Crippen molar-refractivity contribution in [3.63, 3.8) is 0 Å². The summed E-state index contributed by atoms with van der Waals surface area (Å²) >= 11 is 0. The Morgan fingerprint density at radius 3 is 2.47 bits per heavy atom. The second kappa shape index (κ2) is 11.6. The van der Waals surface area contributed by atoms with Crippen molar-refractivity contribution in [2.75, 3.05) is 6.61 Å². The fourth-order valence-corrected chi connectivity index (χ4v) is 3.16. The van der Waals surface area contributed by atoms with Crippen molar-refractivity contribution in [2.24, 2.45) is 0 Å². The molecule has 0 saturated heterocycles. The molecule has 0 spiro atoms. The highest BCUT2D eigenvalue weighted by molar-refractivity contribution is 5.94. The molecule has 0 bridgehead atoms. The Morgan fingerprint density at radius 1 is 1.09 bits per heavy atom. The summed E-state index contributed by atoms with van der Waals surface area (Å²) in [6.45, 7) is 1.79. The van der Waals surface area contributed by atoms with E-state index in [-0.39, 0.29) is 18.1 Å². The molecular weight excluding hydrogens is 406 g/mol. The largest absolute Gasteiger partial charge is 0.493 e. The number of benzene rings is 2. The molecule has 1 saturated carbocycles. The zero-order chi connectivity index (χ0) is 24.7. The molecule has 32 heavy (non-hydrogen) atoms. The number of carbonyl (C=O) groups is 2. The van der Waals surface area contributed by atoms with Crippen molar-refractivity contribution < 1.29 is 26.9 Å². The third kappa shape index (κ3) is 7.29.